The summed E-state index contributed by atoms with van der Waals surface area (Å²) in [5.41, 5.74) is 2.71. The van der Waals surface area contributed by atoms with E-state index in [2.05, 4.69) is 10.6 Å². The molecule has 6 heteroatoms. The number of ketones is 1. The number of nitrogens with one attached hydrogen (secondary N) is 2. The largest absolute Gasteiger partial charge is 0.465 e. The number of alkyl halides is 1. The molecule has 1 aliphatic heterocycles. The minimum absolute atomic E-state index is 0.0251. The van der Waals surface area contributed by atoms with E-state index in [1.807, 2.05) is 13.0 Å². The smallest absolute Gasteiger partial charge is 0.338 e. The molecule has 0 aromatic heterocycles. The minimum Gasteiger partial charge on any atom is -0.465 e. The van der Waals surface area contributed by atoms with Crippen molar-refractivity contribution in [3.63, 3.8) is 0 Å². The van der Waals surface area contributed by atoms with Crippen molar-refractivity contribution in [2.45, 2.75) is 57.0 Å². The van der Waals surface area contributed by atoms with Gasteiger partial charge in [0.25, 0.3) is 0 Å². The summed E-state index contributed by atoms with van der Waals surface area (Å²) in [4.78, 5) is 24.1. The third kappa shape index (κ3) is 3.92. The number of carbonyl (C=O) groups excluding carboxylic acids is 2. The zero-order valence-electron chi connectivity index (χ0n) is 14.7. The Kier molecular flexibility index (Phi) is 5.52. The van der Waals surface area contributed by atoms with Gasteiger partial charge in [0.15, 0.2) is 0 Å². The van der Waals surface area contributed by atoms with E-state index in [4.69, 9.17) is 16.3 Å². The lowest BCUT2D eigenvalue weighted by atomic mass is 9.95. The van der Waals surface area contributed by atoms with Gasteiger partial charge in [0, 0.05) is 12.3 Å². The summed E-state index contributed by atoms with van der Waals surface area (Å²) in [5, 5.41) is 6.65. The molecule has 25 heavy (non-hydrogen) atoms. The normalized spacial score (nSPS) is 22.7. The van der Waals surface area contributed by atoms with Gasteiger partial charge < -0.3 is 15.4 Å². The quantitative estimate of drug-likeness (QED) is 0.468. The highest BCUT2D eigenvalue weighted by atomic mass is 35.5. The fraction of sp³-hybridized carbons (Fsp3) is 0.579. The minimum atomic E-state index is -0.363. The number of benzene rings is 1. The Bertz CT molecular complexity index is 671. The van der Waals surface area contributed by atoms with Gasteiger partial charge in [-0.05, 0) is 43.9 Å². The first-order valence-electron chi connectivity index (χ1n) is 8.92. The number of halogens is 1. The summed E-state index contributed by atoms with van der Waals surface area (Å²) >= 11 is 6.46. The number of anilines is 2. The molecule has 2 atom stereocenters. The van der Waals surface area contributed by atoms with Gasteiger partial charge in [0.1, 0.15) is 11.3 Å². The van der Waals surface area contributed by atoms with Gasteiger partial charge in [0.2, 0.25) is 0 Å². The molecular formula is C19H25ClN2O3. The molecule has 0 spiro atoms. The van der Waals surface area contributed by atoms with Gasteiger partial charge in [0.05, 0.1) is 30.1 Å². The van der Waals surface area contributed by atoms with Crippen LogP contribution in [0.3, 0.4) is 0 Å². The molecule has 3 rings (SSSR count). The van der Waals surface area contributed by atoms with Crippen LogP contribution in [-0.2, 0) is 9.53 Å². The maximum atomic E-state index is 12.3. The Balaban J connectivity index is 1.67. The number of rotatable bonds is 5. The number of hydrogen-bond acceptors (Lipinski definition) is 5. The maximum absolute atomic E-state index is 12.3. The van der Waals surface area contributed by atoms with Crippen molar-refractivity contribution >= 4 is 34.7 Å². The van der Waals surface area contributed by atoms with Gasteiger partial charge in [-0.25, -0.2) is 4.79 Å². The molecule has 1 saturated carbocycles. The first-order chi connectivity index (χ1) is 12.0. The zero-order chi connectivity index (χ0) is 18.0. The van der Waals surface area contributed by atoms with Crippen molar-refractivity contribution in [2.75, 3.05) is 17.7 Å². The summed E-state index contributed by atoms with van der Waals surface area (Å²) in [7, 11) is 1.37. The van der Waals surface area contributed by atoms with Crippen molar-refractivity contribution in [3.8, 4) is 0 Å². The molecular weight excluding hydrogens is 340 g/mol. The van der Waals surface area contributed by atoms with Crippen molar-refractivity contribution in [1.29, 1.82) is 0 Å². The van der Waals surface area contributed by atoms with Crippen molar-refractivity contribution in [3.05, 3.63) is 23.3 Å². The standard InChI is InChI=1S/C19H25ClN2O3/c1-11-9-15-16(10-13(11)19(24)25-2)22-18(20)14(21-15)7-8-17(23)12-5-3-4-6-12/h9-10,12,14,18,21-22H,3-8H2,1-2H3. The lowest BCUT2D eigenvalue weighted by Crippen LogP contribution is -2.40. The van der Waals surface area contributed by atoms with E-state index >= 15 is 0 Å². The van der Waals surface area contributed by atoms with Crippen molar-refractivity contribution in [2.24, 2.45) is 5.92 Å². The Morgan fingerprint density at radius 1 is 1.20 bits per heavy atom. The summed E-state index contributed by atoms with van der Waals surface area (Å²) in [5.74, 6) is 0.256. The second kappa shape index (κ2) is 7.65. The molecule has 2 unspecified atom stereocenters. The highest BCUT2D eigenvalue weighted by molar-refractivity contribution is 6.23. The molecule has 5 nitrogen and oxygen atoms in total. The average molecular weight is 365 g/mol. The number of aryl methyl sites for hydroxylation is 1. The first-order valence-corrected chi connectivity index (χ1v) is 9.36. The van der Waals surface area contributed by atoms with Gasteiger partial charge in [-0.15, -0.1) is 0 Å². The summed E-state index contributed by atoms with van der Waals surface area (Å²) < 4.78 is 4.81. The maximum Gasteiger partial charge on any atom is 0.338 e. The second-order valence-electron chi connectivity index (χ2n) is 6.99. The van der Waals surface area contributed by atoms with Gasteiger partial charge in [-0.3, -0.25) is 4.79 Å². The number of hydrogen-bond donors (Lipinski definition) is 2. The molecule has 1 aromatic carbocycles. The van der Waals surface area contributed by atoms with E-state index in [1.165, 1.54) is 20.0 Å². The average Bonchev–Trinajstić information content (AvgIpc) is 3.13. The molecule has 2 aliphatic rings. The number of esters is 1. The SMILES string of the molecule is COC(=O)c1cc2c(cc1C)NC(CCC(=O)C1CCCC1)C(Cl)N2. The lowest BCUT2D eigenvalue weighted by Gasteiger charge is -2.33. The van der Waals surface area contributed by atoms with Crippen LogP contribution in [0, 0.1) is 12.8 Å². The lowest BCUT2D eigenvalue weighted by molar-refractivity contribution is -0.122. The van der Waals surface area contributed by atoms with Crippen LogP contribution in [0.1, 0.15) is 54.4 Å². The van der Waals surface area contributed by atoms with E-state index in [0.29, 0.717) is 24.2 Å². The van der Waals surface area contributed by atoms with Crippen LogP contribution in [0.2, 0.25) is 0 Å². The van der Waals surface area contributed by atoms with Crippen LogP contribution >= 0.6 is 11.6 Å². The number of Topliss-reactive ketones (excluding diaryl/α,β-unsaturated/α-hetero) is 1. The summed E-state index contributed by atoms with van der Waals surface area (Å²) in [6.07, 6.45) is 5.69. The highest BCUT2D eigenvalue weighted by Gasteiger charge is 2.29. The predicted octanol–water partition coefficient (Wildman–Crippen LogP) is 4.09. The molecule has 136 valence electrons. The molecule has 0 bridgehead atoms. The monoisotopic (exact) mass is 364 g/mol. The first kappa shape index (κ1) is 18.1. The van der Waals surface area contributed by atoms with Crippen LogP contribution in [0.15, 0.2) is 12.1 Å². The molecule has 2 N–H and O–H groups in total. The second-order valence-corrected chi connectivity index (χ2v) is 7.46. The number of ether oxygens (including phenoxy) is 1. The van der Waals surface area contributed by atoms with Crippen LogP contribution in [0.25, 0.3) is 0 Å². The summed E-state index contributed by atoms with van der Waals surface area (Å²) in [6.45, 7) is 1.87. The van der Waals surface area contributed by atoms with Crippen LogP contribution in [-0.4, -0.2) is 30.4 Å². The Labute approximate surface area is 153 Å². The molecule has 0 saturated heterocycles. The fourth-order valence-electron chi connectivity index (χ4n) is 3.77. The van der Waals surface area contributed by atoms with Crippen molar-refractivity contribution in [1.82, 2.24) is 0 Å². The van der Waals surface area contributed by atoms with Crippen LogP contribution < -0.4 is 10.6 Å². The number of carbonyl (C=O) groups is 2. The Hall–Kier alpha value is -1.75. The zero-order valence-corrected chi connectivity index (χ0v) is 15.5. The molecule has 1 aliphatic carbocycles. The third-order valence-corrected chi connectivity index (χ3v) is 5.68. The van der Waals surface area contributed by atoms with Crippen LogP contribution in [0.5, 0.6) is 0 Å². The topological polar surface area (TPSA) is 67.4 Å². The van der Waals surface area contributed by atoms with E-state index in [1.54, 1.807) is 6.07 Å². The Morgan fingerprint density at radius 3 is 2.56 bits per heavy atom. The van der Waals surface area contributed by atoms with E-state index in [9.17, 15) is 9.59 Å². The van der Waals surface area contributed by atoms with E-state index in [0.717, 1.165) is 29.8 Å². The van der Waals surface area contributed by atoms with Gasteiger partial charge in [-0.2, -0.15) is 0 Å². The molecule has 1 aromatic rings. The predicted molar refractivity (Wildman–Crippen MR) is 99.4 cm³/mol. The molecule has 0 amide bonds. The van der Waals surface area contributed by atoms with Crippen molar-refractivity contribution < 1.29 is 14.3 Å². The summed E-state index contributed by atoms with van der Waals surface area (Å²) in [6, 6.07) is 3.66. The fourth-order valence-corrected chi connectivity index (χ4v) is 4.07. The highest BCUT2D eigenvalue weighted by Crippen LogP contribution is 2.34. The molecule has 0 radical (unpaired) electrons. The van der Waals surface area contributed by atoms with E-state index < -0.39 is 0 Å². The molecule has 1 fully saturated rings. The van der Waals surface area contributed by atoms with E-state index in [-0.39, 0.29) is 23.4 Å². The van der Waals surface area contributed by atoms with Gasteiger partial charge >= 0.3 is 5.97 Å². The van der Waals surface area contributed by atoms with Crippen LogP contribution in [0.4, 0.5) is 11.4 Å². The van der Waals surface area contributed by atoms with Gasteiger partial charge in [-0.1, -0.05) is 24.4 Å². The third-order valence-electron chi connectivity index (χ3n) is 5.27. The molecule has 1 heterocycles. The Morgan fingerprint density at radius 2 is 1.88 bits per heavy atom. The number of fused-ring (bicyclic) bond motifs is 1. The number of methoxy groups -OCH3 is 1.